The molecule has 1 atom stereocenters. The van der Waals surface area contributed by atoms with Crippen molar-refractivity contribution in [3.63, 3.8) is 0 Å². The largest absolute Gasteiger partial charge is 0.363 e. The predicted octanol–water partition coefficient (Wildman–Crippen LogP) is 0.663. The topological polar surface area (TPSA) is 83.5 Å². The number of imidazole rings is 1. The summed E-state index contributed by atoms with van der Waals surface area (Å²) in [6.45, 7) is 2.28. The molecule has 0 radical (unpaired) electrons. The van der Waals surface area contributed by atoms with Gasteiger partial charge < -0.3 is 15.1 Å². The molecule has 0 spiro atoms. The zero-order chi connectivity index (χ0) is 13.5. The Balaban J connectivity index is 1.56. The van der Waals surface area contributed by atoms with Crippen molar-refractivity contribution in [2.24, 2.45) is 5.84 Å². The fourth-order valence-corrected chi connectivity index (χ4v) is 2.97. The van der Waals surface area contributed by atoms with E-state index in [1.165, 1.54) is 19.4 Å². The number of nitrogen functional groups attached to an aromatic ring is 1. The highest BCUT2D eigenvalue weighted by Gasteiger charge is 2.34. The van der Waals surface area contributed by atoms with Crippen LogP contribution in [0.2, 0.25) is 0 Å². The molecule has 2 aliphatic rings. The smallest absolute Gasteiger partial charge is 0.180 e. The lowest BCUT2D eigenvalue weighted by molar-refractivity contribution is 0.326. The summed E-state index contributed by atoms with van der Waals surface area (Å²) in [4.78, 5) is 11.4. The molecular weight excluding hydrogens is 254 g/mol. The van der Waals surface area contributed by atoms with Crippen LogP contribution in [0.1, 0.15) is 19.3 Å². The summed E-state index contributed by atoms with van der Waals surface area (Å²) in [6.07, 6.45) is 9.38. The van der Waals surface area contributed by atoms with E-state index in [4.69, 9.17) is 5.84 Å². The minimum absolute atomic E-state index is 0.441. The maximum absolute atomic E-state index is 5.47. The Morgan fingerprint density at radius 2 is 2.20 bits per heavy atom. The first-order valence-corrected chi connectivity index (χ1v) is 7.14. The van der Waals surface area contributed by atoms with Crippen LogP contribution in [0.25, 0.3) is 5.65 Å². The fraction of sp³-hybridized carbons (Fsp3) is 0.538. The highest BCUT2D eigenvalue weighted by atomic mass is 15.3. The SMILES string of the molecule is NNc1cn2ccnc2c(NC2CCN(C3CC3)C2)n1. The molecule has 0 amide bonds. The van der Waals surface area contributed by atoms with Gasteiger partial charge in [0.1, 0.15) is 0 Å². The van der Waals surface area contributed by atoms with Gasteiger partial charge in [0, 0.05) is 37.6 Å². The maximum atomic E-state index is 5.47. The second-order valence-electron chi connectivity index (χ2n) is 5.63. The molecule has 4 N–H and O–H groups in total. The van der Waals surface area contributed by atoms with Gasteiger partial charge in [-0.2, -0.15) is 0 Å². The Morgan fingerprint density at radius 1 is 1.30 bits per heavy atom. The van der Waals surface area contributed by atoms with Crippen molar-refractivity contribution in [2.75, 3.05) is 23.8 Å². The van der Waals surface area contributed by atoms with E-state index in [1.54, 1.807) is 6.20 Å². The summed E-state index contributed by atoms with van der Waals surface area (Å²) < 4.78 is 1.93. The van der Waals surface area contributed by atoms with Gasteiger partial charge in [-0.05, 0) is 19.3 Å². The first kappa shape index (κ1) is 11.9. The van der Waals surface area contributed by atoms with Crippen LogP contribution in [-0.4, -0.2) is 44.4 Å². The van der Waals surface area contributed by atoms with Crippen molar-refractivity contribution in [2.45, 2.75) is 31.3 Å². The van der Waals surface area contributed by atoms with Gasteiger partial charge in [0.2, 0.25) is 0 Å². The Labute approximate surface area is 117 Å². The minimum Gasteiger partial charge on any atom is -0.363 e. The molecule has 7 nitrogen and oxygen atoms in total. The van der Waals surface area contributed by atoms with Gasteiger partial charge in [-0.15, -0.1) is 0 Å². The fourth-order valence-electron chi connectivity index (χ4n) is 2.97. The molecule has 1 aliphatic heterocycles. The van der Waals surface area contributed by atoms with Crippen molar-refractivity contribution in [3.8, 4) is 0 Å². The molecule has 2 fully saturated rings. The van der Waals surface area contributed by atoms with E-state index >= 15 is 0 Å². The van der Waals surface area contributed by atoms with Gasteiger partial charge in [-0.1, -0.05) is 0 Å². The van der Waals surface area contributed by atoms with Crippen molar-refractivity contribution in [1.82, 2.24) is 19.3 Å². The minimum atomic E-state index is 0.441. The molecule has 20 heavy (non-hydrogen) atoms. The molecule has 2 aromatic heterocycles. The van der Waals surface area contributed by atoms with Crippen LogP contribution in [-0.2, 0) is 0 Å². The van der Waals surface area contributed by atoms with Crippen LogP contribution in [0, 0.1) is 0 Å². The zero-order valence-corrected chi connectivity index (χ0v) is 11.3. The molecule has 1 saturated carbocycles. The van der Waals surface area contributed by atoms with Crippen LogP contribution in [0.4, 0.5) is 11.6 Å². The van der Waals surface area contributed by atoms with E-state index in [0.717, 1.165) is 30.5 Å². The molecule has 106 valence electrons. The normalized spacial score (nSPS) is 23.4. The number of anilines is 2. The van der Waals surface area contributed by atoms with Crippen LogP contribution >= 0.6 is 0 Å². The Hall–Kier alpha value is -1.86. The summed E-state index contributed by atoms with van der Waals surface area (Å²) in [6, 6.07) is 1.27. The van der Waals surface area contributed by atoms with Crippen molar-refractivity contribution >= 4 is 17.3 Å². The number of hydrazine groups is 1. The predicted molar refractivity (Wildman–Crippen MR) is 77.4 cm³/mol. The lowest BCUT2D eigenvalue weighted by atomic mass is 10.2. The number of fused-ring (bicyclic) bond motifs is 1. The lowest BCUT2D eigenvalue weighted by Gasteiger charge is -2.17. The first-order valence-electron chi connectivity index (χ1n) is 7.14. The molecule has 1 saturated heterocycles. The maximum Gasteiger partial charge on any atom is 0.180 e. The molecule has 1 unspecified atom stereocenters. The zero-order valence-electron chi connectivity index (χ0n) is 11.3. The molecule has 0 bridgehead atoms. The van der Waals surface area contributed by atoms with Gasteiger partial charge >= 0.3 is 0 Å². The highest BCUT2D eigenvalue weighted by molar-refractivity contribution is 5.65. The second-order valence-corrected chi connectivity index (χ2v) is 5.63. The van der Waals surface area contributed by atoms with Gasteiger partial charge in [-0.3, -0.25) is 4.90 Å². The van der Waals surface area contributed by atoms with Gasteiger partial charge in [-0.25, -0.2) is 15.8 Å². The number of aromatic nitrogens is 3. The monoisotopic (exact) mass is 273 g/mol. The van der Waals surface area contributed by atoms with E-state index in [9.17, 15) is 0 Å². The van der Waals surface area contributed by atoms with Crippen LogP contribution in [0.3, 0.4) is 0 Å². The van der Waals surface area contributed by atoms with Crippen LogP contribution < -0.4 is 16.6 Å². The summed E-state index contributed by atoms with van der Waals surface area (Å²) in [5.41, 5.74) is 3.44. The third kappa shape index (κ3) is 2.08. The Morgan fingerprint density at radius 3 is 3.00 bits per heavy atom. The number of likely N-dealkylation sites (tertiary alicyclic amines) is 1. The summed E-state index contributed by atoms with van der Waals surface area (Å²) in [5.74, 6) is 6.91. The summed E-state index contributed by atoms with van der Waals surface area (Å²) >= 11 is 0. The van der Waals surface area contributed by atoms with Gasteiger partial charge in [0.05, 0.1) is 6.20 Å². The molecular formula is C13H19N7. The molecule has 3 heterocycles. The third-order valence-corrected chi connectivity index (χ3v) is 4.15. The molecule has 7 heteroatoms. The van der Waals surface area contributed by atoms with E-state index in [0.29, 0.717) is 11.9 Å². The molecule has 4 rings (SSSR count). The van der Waals surface area contributed by atoms with E-state index in [2.05, 4.69) is 25.6 Å². The number of rotatable bonds is 4. The third-order valence-electron chi connectivity index (χ3n) is 4.15. The van der Waals surface area contributed by atoms with Crippen LogP contribution in [0.5, 0.6) is 0 Å². The second kappa shape index (κ2) is 4.60. The first-order chi connectivity index (χ1) is 9.83. The Bertz CT molecular complexity index is 618. The molecule has 0 aromatic carbocycles. The molecule has 2 aromatic rings. The number of nitrogens with one attached hydrogen (secondary N) is 2. The van der Waals surface area contributed by atoms with Crippen LogP contribution in [0.15, 0.2) is 18.6 Å². The average molecular weight is 273 g/mol. The van der Waals surface area contributed by atoms with E-state index < -0.39 is 0 Å². The Kier molecular flexibility index (Phi) is 2.75. The summed E-state index contributed by atoms with van der Waals surface area (Å²) in [5, 5.41) is 3.53. The average Bonchev–Trinajstić information content (AvgIpc) is 3.02. The van der Waals surface area contributed by atoms with E-state index in [-0.39, 0.29) is 0 Å². The standard InChI is InChI=1S/C13H19N7/c14-18-11-8-20-6-4-15-13(20)12(17-11)16-9-3-5-19(7-9)10-1-2-10/h4,6,8-10,18H,1-3,5,7,14H2,(H,16,17). The lowest BCUT2D eigenvalue weighted by Crippen LogP contribution is -2.28. The number of nitrogens with zero attached hydrogens (tertiary/aromatic N) is 4. The number of hydrogen-bond donors (Lipinski definition) is 3. The van der Waals surface area contributed by atoms with Crippen molar-refractivity contribution in [1.29, 1.82) is 0 Å². The van der Waals surface area contributed by atoms with Gasteiger partial charge in [0.25, 0.3) is 0 Å². The quantitative estimate of drug-likeness (QED) is 0.561. The van der Waals surface area contributed by atoms with Gasteiger partial charge in [0.15, 0.2) is 17.3 Å². The summed E-state index contributed by atoms with van der Waals surface area (Å²) in [7, 11) is 0. The van der Waals surface area contributed by atoms with Crippen molar-refractivity contribution in [3.05, 3.63) is 18.6 Å². The van der Waals surface area contributed by atoms with E-state index in [1.807, 2.05) is 16.8 Å². The molecule has 1 aliphatic carbocycles. The number of hydrogen-bond acceptors (Lipinski definition) is 6. The van der Waals surface area contributed by atoms with Crippen molar-refractivity contribution < 1.29 is 0 Å². The number of nitrogens with two attached hydrogens (primary N) is 1. The highest BCUT2D eigenvalue weighted by Crippen LogP contribution is 2.30.